The highest BCUT2D eigenvalue weighted by molar-refractivity contribution is 5.85. The van der Waals surface area contributed by atoms with Gasteiger partial charge in [-0.25, -0.2) is 4.79 Å². The summed E-state index contributed by atoms with van der Waals surface area (Å²) >= 11 is 0. The van der Waals surface area contributed by atoms with E-state index in [9.17, 15) is 4.79 Å². The van der Waals surface area contributed by atoms with Crippen molar-refractivity contribution in [1.29, 1.82) is 0 Å². The van der Waals surface area contributed by atoms with Crippen LogP contribution in [0.2, 0.25) is 0 Å². The molecule has 3 aliphatic rings. The molecule has 0 saturated carbocycles. The first-order valence-electron chi connectivity index (χ1n) is 11.6. The molecule has 3 fully saturated rings. The third-order valence-electron chi connectivity index (χ3n) is 6.92. The number of nitrogens with one attached hydrogen (secondary N) is 2. The van der Waals surface area contributed by atoms with Crippen molar-refractivity contribution in [3.63, 3.8) is 0 Å². The van der Waals surface area contributed by atoms with Crippen molar-refractivity contribution in [2.75, 3.05) is 26.7 Å². The minimum Gasteiger partial charge on any atom is -0.497 e. The predicted molar refractivity (Wildman–Crippen MR) is 129 cm³/mol. The van der Waals surface area contributed by atoms with Gasteiger partial charge in [-0.15, -0.1) is 6.58 Å². The van der Waals surface area contributed by atoms with Crippen molar-refractivity contribution in [3.05, 3.63) is 48.7 Å². The molecule has 3 aliphatic heterocycles. The van der Waals surface area contributed by atoms with Gasteiger partial charge in [0.1, 0.15) is 5.75 Å². The first kappa shape index (κ1) is 22.6. The number of pyridine rings is 1. The molecule has 4 unspecified atom stereocenters. The van der Waals surface area contributed by atoms with Gasteiger partial charge in [-0.05, 0) is 66.5 Å². The fourth-order valence-electron chi connectivity index (χ4n) is 5.19. The quantitative estimate of drug-likeness (QED) is 0.653. The minimum atomic E-state index is -0.138. The zero-order chi connectivity index (χ0) is 22.9. The van der Waals surface area contributed by atoms with Crippen LogP contribution in [-0.4, -0.2) is 48.7 Å². The summed E-state index contributed by atoms with van der Waals surface area (Å²) in [5.74, 6) is 1.94. The van der Waals surface area contributed by atoms with Crippen LogP contribution in [0.15, 0.2) is 43.1 Å². The largest absolute Gasteiger partial charge is 0.497 e. The normalized spacial score (nSPS) is 25.9. The Bertz CT molecular complexity index is 983. The van der Waals surface area contributed by atoms with Crippen molar-refractivity contribution in [3.8, 4) is 5.75 Å². The smallest absolute Gasteiger partial charge is 0.315 e. The predicted octanol–water partition coefficient (Wildman–Crippen LogP) is 4.53. The molecule has 1 aromatic carbocycles. The number of hydrogen-bond donors (Lipinski definition) is 2. The van der Waals surface area contributed by atoms with Gasteiger partial charge in [0.2, 0.25) is 0 Å². The van der Waals surface area contributed by atoms with Crippen molar-refractivity contribution >= 4 is 16.9 Å². The summed E-state index contributed by atoms with van der Waals surface area (Å²) in [4.78, 5) is 20.1. The van der Waals surface area contributed by atoms with Gasteiger partial charge in [0.25, 0.3) is 0 Å². The SMILES string of the molecule is C=CC1CN2CCC1CC2[C@@H](NC(=O)NCC(C)(C)C)c1ccnc2ccc(OC)cc12. The number of aromatic nitrogens is 1. The van der Waals surface area contributed by atoms with Gasteiger partial charge in [0.15, 0.2) is 0 Å². The van der Waals surface area contributed by atoms with Gasteiger partial charge in [0.05, 0.1) is 18.7 Å². The zero-order valence-electron chi connectivity index (χ0n) is 19.7. The van der Waals surface area contributed by atoms with Gasteiger partial charge in [0, 0.05) is 30.7 Å². The average Bonchev–Trinajstić information content (AvgIpc) is 2.80. The lowest BCUT2D eigenvalue weighted by Gasteiger charge is -2.51. The van der Waals surface area contributed by atoms with E-state index in [0.29, 0.717) is 18.4 Å². The second kappa shape index (κ2) is 9.10. The number of urea groups is 1. The van der Waals surface area contributed by atoms with Crippen LogP contribution in [0.1, 0.15) is 45.2 Å². The molecule has 1 aromatic heterocycles. The molecule has 0 spiro atoms. The van der Waals surface area contributed by atoms with E-state index in [1.54, 1.807) is 7.11 Å². The van der Waals surface area contributed by atoms with Crippen LogP contribution in [0.5, 0.6) is 5.75 Å². The lowest BCUT2D eigenvalue weighted by Crippen LogP contribution is -2.58. The Hall–Kier alpha value is -2.60. The van der Waals surface area contributed by atoms with Gasteiger partial charge in [-0.2, -0.15) is 0 Å². The van der Waals surface area contributed by atoms with Gasteiger partial charge < -0.3 is 15.4 Å². The Morgan fingerprint density at radius 3 is 2.84 bits per heavy atom. The summed E-state index contributed by atoms with van der Waals surface area (Å²) in [7, 11) is 1.67. The maximum Gasteiger partial charge on any atom is 0.315 e. The number of rotatable bonds is 6. The molecule has 3 saturated heterocycles. The highest BCUT2D eigenvalue weighted by Crippen LogP contribution is 2.42. The number of amides is 2. The van der Waals surface area contributed by atoms with Crippen molar-refractivity contribution < 1.29 is 9.53 Å². The van der Waals surface area contributed by atoms with E-state index in [4.69, 9.17) is 4.74 Å². The van der Waals surface area contributed by atoms with Crippen LogP contribution in [0, 0.1) is 17.3 Å². The highest BCUT2D eigenvalue weighted by atomic mass is 16.5. The molecule has 172 valence electrons. The van der Waals surface area contributed by atoms with Crippen LogP contribution < -0.4 is 15.4 Å². The number of methoxy groups -OCH3 is 1. The Labute approximate surface area is 191 Å². The van der Waals surface area contributed by atoms with E-state index < -0.39 is 0 Å². The Morgan fingerprint density at radius 2 is 2.19 bits per heavy atom. The summed E-state index contributed by atoms with van der Waals surface area (Å²) in [6.07, 6.45) is 6.20. The van der Waals surface area contributed by atoms with E-state index in [1.807, 2.05) is 30.5 Å². The number of hydrogen-bond acceptors (Lipinski definition) is 4. The Morgan fingerprint density at radius 1 is 1.38 bits per heavy atom. The molecular weight excluding hydrogens is 400 g/mol. The molecule has 2 amide bonds. The fraction of sp³-hybridized carbons (Fsp3) is 0.538. The number of benzene rings is 1. The third-order valence-corrected chi connectivity index (χ3v) is 6.92. The number of ether oxygens (including phenoxy) is 1. The topological polar surface area (TPSA) is 66.5 Å². The van der Waals surface area contributed by atoms with E-state index in [2.05, 4.69) is 53.9 Å². The molecular formula is C26H36N4O2. The van der Waals surface area contributed by atoms with Gasteiger partial charge in [-0.3, -0.25) is 9.88 Å². The lowest BCUT2D eigenvalue weighted by atomic mass is 9.73. The van der Waals surface area contributed by atoms with Gasteiger partial charge in [-0.1, -0.05) is 26.8 Å². The van der Waals surface area contributed by atoms with E-state index in [0.717, 1.165) is 41.7 Å². The van der Waals surface area contributed by atoms with Crippen LogP contribution in [-0.2, 0) is 0 Å². The molecule has 32 heavy (non-hydrogen) atoms. The second-order valence-corrected chi connectivity index (χ2v) is 10.4. The molecule has 2 N–H and O–H groups in total. The van der Waals surface area contributed by atoms with Crippen LogP contribution in [0.3, 0.4) is 0 Å². The number of carbonyl (C=O) groups is 1. The van der Waals surface area contributed by atoms with Crippen molar-refractivity contribution in [1.82, 2.24) is 20.5 Å². The van der Waals surface area contributed by atoms with E-state index in [-0.39, 0.29) is 23.5 Å². The molecule has 6 heteroatoms. The summed E-state index contributed by atoms with van der Waals surface area (Å²) < 4.78 is 5.49. The summed E-state index contributed by atoms with van der Waals surface area (Å²) in [5, 5.41) is 7.43. The third kappa shape index (κ3) is 4.75. The zero-order valence-corrected chi connectivity index (χ0v) is 19.7. The maximum absolute atomic E-state index is 13.0. The lowest BCUT2D eigenvalue weighted by molar-refractivity contribution is 0.00309. The molecule has 0 radical (unpaired) electrons. The number of fused-ring (bicyclic) bond motifs is 4. The summed E-state index contributed by atoms with van der Waals surface area (Å²) in [5.41, 5.74) is 2.02. The number of piperidine rings is 3. The number of nitrogens with zero attached hydrogens (tertiary/aromatic N) is 2. The van der Waals surface area contributed by atoms with Gasteiger partial charge >= 0.3 is 6.03 Å². The minimum absolute atomic E-state index is 0.0220. The second-order valence-electron chi connectivity index (χ2n) is 10.4. The van der Waals surface area contributed by atoms with E-state index >= 15 is 0 Å². The molecule has 2 aromatic rings. The number of carbonyl (C=O) groups excluding carboxylic acids is 1. The molecule has 2 bridgehead atoms. The summed E-state index contributed by atoms with van der Waals surface area (Å²) in [6.45, 7) is 13.1. The first-order valence-corrected chi connectivity index (χ1v) is 11.6. The van der Waals surface area contributed by atoms with Crippen molar-refractivity contribution in [2.45, 2.75) is 45.7 Å². The Kier molecular flexibility index (Phi) is 6.42. The highest BCUT2D eigenvalue weighted by Gasteiger charge is 2.43. The average molecular weight is 437 g/mol. The monoisotopic (exact) mass is 436 g/mol. The van der Waals surface area contributed by atoms with Crippen LogP contribution in [0.25, 0.3) is 10.9 Å². The Balaban J connectivity index is 1.69. The van der Waals surface area contributed by atoms with E-state index in [1.165, 1.54) is 6.42 Å². The maximum atomic E-state index is 13.0. The fourth-order valence-corrected chi connectivity index (χ4v) is 5.19. The molecule has 0 aliphatic carbocycles. The summed E-state index contributed by atoms with van der Waals surface area (Å²) in [6, 6.07) is 7.96. The molecule has 5 atom stereocenters. The standard InChI is InChI=1S/C26H36N4O2/c1-6-17-15-30-12-10-18(17)13-23(30)24(29-25(31)28-16-26(2,3)4)20-9-11-27-22-8-7-19(32-5)14-21(20)22/h6-9,11,14,17-18,23-24H,1,10,12-13,15-16H2,2-5H3,(H2,28,29,31)/t17?,18?,23?,24-/m0/s1. The molecule has 4 heterocycles. The molecule has 5 rings (SSSR count). The first-order chi connectivity index (χ1) is 15.3. The van der Waals surface area contributed by atoms with Crippen LogP contribution in [0.4, 0.5) is 4.79 Å². The molecule has 6 nitrogen and oxygen atoms in total. The van der Waals surface area contributed by atoms with Crippen molar-refractivity contribution in [2.24, 2.45) is 17.3 Å². The van der Waals surface area contributed by atoms with Crippen LogP contribution >= 0.6 is 0 Å².